The standard InChI is InChI=1S/C22H18ClN3OS/c1-14-3-6-16(7-4-14)9-18(12-24)21(27)26-22-25-13-19(28-22)10-17-8-5-15(2)20(23)11-17/h3-9,11,13H,10H2,1-2H3,(H,25,26,27)/b18-9-. The lowest BCUT2D eigenvalue weighted by Crippen LogP contribution is -2.13. The minimum atomic E-state index is -0.470. The highest BCUT2D eigenvalue weighted by Gasteiger charge is 2.12. The van der Waals surface area contributed by atoms with E-state index >= 15 is 0 Å². The van der Waals surface area contributed by atoms with E-state index in [2.05, 4.69) is 10.3 Å². The molecule has 4 nitrogen and oxygen atoms in total. The minimum Gasteiger partial charge on any atom is -0.297 e. The third-order valence-corrected chi connectivity index (χ3v) is 5.46. The van der Waals surface area contributed by atoms with Crippen LogP contribution in [-0.2, 0) is 11.2 Å². The SMILES string of the molecule is Cc1ccc(/C=C(/C#N)C(=O)Nc2ncc(Cc3ccc(C)c(Cl)c3)s2)cc1. The van der Waals surface area contributed by atoms with Gasteiger partial charge < -0.3 is 0 Å². The molecule has 0 unspecified atom stereocenters. The molecule has 0 spiro atoms. The number of halogens is 1. The van der Waals surface area contributed by atoms with E-state index < -0.39 is 5.91 Å². The van der Waals surface area contributed by atoms with E-state index in [9.17, 15) is 10.1 Å². The van der Waals surface area contributed by atoms with Gasteiger partial charge in [0, 0.05) is 22.5 Å². The van der Waals surface area contributed by atoms with Gasteiger partial charge in [0.1, 0.15) is 11.6 Å². The van der Waals surface area contributed by atoms with E-state index in [-0.39, 0.29) is 5.57 Å². The molecular formula is C22H18ClN3OS. The van der Waals surface area contributed by atoms with Crippen molar-refractivity contribution < 1.29 is 4.79 Å². The number of benzene rings is 2. The van der Waals surface area contributed by atoms with E-state index in [4.69, 9.17) is 11.6 Å². The molecule has 28 heavy (non-hydrogen) atoms. The van der Waals surface area contributed by atoms with E-state index in [1.807, 2.05) is 62.4 Å². The van der Waals surface area contributed by atoms with Crippen molar-refractivity contribution in [3.05, 3.63) is 86.4 Å². The average molecular weight is 408 g/mol. The van der Waals surface area contributed by atoms with Crippen LogP contribution in [-0.4, -0.2) is 10.9 Å². The maximum atomic E-state index is 12.4. The van der Waals surface area contributed by atoms with E-state index in [1.165, 1.54) is 11.3 Å². The summed E-state index contributed by atoms with van der Waals surface area (Å²) in [6, 6.07) is 15.5. The summed E-state index contributed by atoms with van der Waals surface area (Å²) in [6.45, 7) is 3.94. The summed E-state index contributed by atoms with van der Waals surface area (Å²) in [5.41, 5.74) is 4.06. The maximum absolute atomic E-state index is 12.4. The fourth-order valence-electron chi connectivity index (χ4n) is 2.54. The van der Waals surface area contributed by atoms with E-state index in [1.54, 1.807) is 12.3 Å². The van der Waals surface area contributed by atoms with Crippen LogP contribution >= 0.6 is 22.9 Å². The highest BCUT2D eigenvalue weighted by Crippen LogP contribution is 2.24. The van der Waals surface area contributed by atoms with Crippen molar-refractivity contribution in [2.24, 2.45) is 0 Å². The Morgan fingerprint density at radius 3 is 2.68 bits per heavy atom. The number of nitrogens with zero attached hydrogens (tertiary/aromatic N) is 2. The molecule has 0 bridgehead atoms. The van der Waals surface area contributed by atoms with Gasteiger partial charge in [-0.2, -0.15) is 5.26 Å². The molecule has 1 N–H and O–H groups in total. The molecule has 1 amide bonds. The van der Waals surface area contributed by atoms with Crippen molar-refractivity contribution in [1.29, 1.82) is 5.26 Å². The number of carbonyl (C=O) groups excluding carboxylic acids is 1. The quantitative estimate of drug-likeness (QED) is 0.445. The molecule has 0 atom stereocenters. The molecule has 2 aromatic carbocycles. The number of nitrogens with one attached hydrogen (secondary N) is 1. The zero-order valence-electron chi connectivity index (χ0n) is 15.5. The summed E-state index contributed by atoms with van der Waals surface area (Å²) in [5, 5.41) is 13.2. The summed E-state index contributed by atoms with van der Waals surface area (Å²) in [5.74, 6) is -0.470. The lowest BCUT2D eigenvalue weighted by Gasteiger charge is -2.02. The number of thiazole rings is 1. The molecule has 3 aromatic rings. The number of aryl methyl sites for hydroxylation is 2. The van der Waals surface area contributed by atoms with Gasteiger partial charge in [-0.1, -0.05) is 53.6 Å². The Balaban J connectivity index is 1.69. The molecule has 0 saturated heterocycles. The monoisotopic (exact) mass is 407 g/mol. The number of rotatable bonds is 5. The Morgan fingerprint density at radius 1 is 1.25 bits per heavy atom. The van der Waals surface area contributed by atoms with Gasteiger partial charge in [0.2, 0.25) is 0 Å². The Hall–Kier alpha value is -2.94. The Labute approximate surface area is 173 Å². The van der Waals surface area contributed by atoms with Crippen molar-refractivity contribution in [3.63, 3.8) is 0 Å². The van der Waals surface area contributed by atoms with Crippen LogP contribution in [0.3, 0.4) is 0 Å². The normalized spacial score (nSPS) is 11.1. The van der Waals surface area contributed by atoms with E-state index in [0.717, 1.165) is 32.2 Å². The molecule has 0 aliphatic rings. The number of hydrogen-bond acceptors (Lipinski definition) is 4. The van der Waals surface area contributed by atoms with Gasteiger partial charge in [0.25, 0.3) is 5.91 Å². The second kappa shape index (κ2) is 8.83. The van der Waals surface area contributed by atoms with Crippen LogP contribution in [0.5, 0.6) is 0 Å². The molecule has 0 fully saturated rings. The smallest absolute Gasteiger partial charge is 0.268 e. The lowest BCUT2D eigenvalue weighted by molar-refractivity contribution is -0.112. The van der Waals surface area contributed by atoms with Gasteiger partial charge in [0.05, 0.1) is 0 Å². The van der Waals surface area contributed by atoms with Crippen LogP contribution in [0.25, 0.3) is 6.08 Å². The number of hydrogen-bond donors (Lipinski definition) is 1. The Kier molecular flexibility index (Phi) is 6.25. The summed E-state index contributed by atoms with van der Waals surface area (Å²) in [4.78, 5) is 17.7. The fourth-order valence-corrected chi connectivity index (χ4v) is 3.58. The Bertz CT molecular complexity index is 1080. The first-order valence-corrected chi connectivity index (χ1v) is 9.83. The molecule has 140 valence electrons. The third kappa shape index (κ3) is 5.07. The molecule has 0 radical (unpaired) electrons. The Morgan fingerprint density at radius 2 is 2.00 bits per heavy atom. The van der Waals surface area contributed by atoms with Crippen molar-refractivity contribution in [2.45, 2.75) is 20.3 Å². The predicted octanol–water partition coefficient (Wildman–Crippen LogP) is 5.55. The zero-order valence-corrected chi connectivity index (χ0v) is 17.1. The van der Waals surface area contributed by atoms with E-state index in [0.29, 0.717) is 11.6 Å². The molecule has 1 heterocycles. The first kappa shape index (κ1) is 19.8. The summed E-state index contributed by atoms with van der Waals surface area (Å²) >= 11 is 7.55. The number of aromatic nitrogens is 1. The van der Waals surface area contributed by atoms with Gasteiger partial charge in [0.15, 0.2) is 5.13 Å². The van der Waals surface area contributed by atoms with Crippen LogP contribution in [0.2, 0.25) is 5.02 Å². The second-order valence-corrected chi connectivity index (χ2v) is 7.95. The van der Waals surface area contributed by atoms with Gasteiger partial charge in [-0.25, -0.2) is 4.98 Å². The minimum absolute atomic E-state index is 0.0333. The number of amides is 1. The van der Waals surface area contributed by atoms with Crippen LogP contribution in [0.15, 0.2) is 54.2 Å². The predicted molar refractivity (Wildman–Crippen MR) is 115 cm³/mol. The van der Waals surface area contributed by atoms with Gasteiger partial charge in [-0.15, -0.1) is 11.3 Å². The highest BCUT2D eigenvalue weighted by molar-refractivity contribution is 7.15. The molecule has 0 saturated carbocycles. The molecule has 1 aromatic heterocycles. The fraction of sp³-hybridized carbons (Fsp3) is 0.136. The van der Waals surface area contributed by atoms with Crippen LogP contribution < -0.4 is 5.32 Å². The topological polar surface area (TPSA) is 65.8 Å². The summed E-state index contributed by atoms with van der Waals surface area (Å²) in [7, 11) is 0. The van der Waals surface area contributed by atoms with Crippen molar-refractivity contribution in [3.8, 4) is 6.07 Å². The molecule has 3 rings (SSSR count). The molecular weight excluding hydrogens is 390 g/mol. The van der Waals surface area contributed by atoms with Crippen LogP contribution in [0.1, 0.15) is 27.1 Å². The number of nitriles is 1. The lowest BCUT2D eigenvalue weighted by atomic mass is 10.1. The largest absolute Gasteiger partial charge is 0.297 e. The number of carbonyl (C=O) groups is 1. The summed E-state index contributed by atoms with van der Waals surface area (Å²) < 4.78 is 0. The third-order valence-electron chi connectivity index (χ3n) is 4.14. The van der Waals surface area contributed by atoms with Crippen molar-refractivity contribution >= 4 is 40.1 Å². The van der Waals surface area contributed by atoms with Gasteiger partial charge >= 0.3 is 0 Å². The first-order chi connectivity index (χ1) is 13.4. The van der Waals surface area contributed by atoms with Crippen LogP contribution in [0.4, 0.5) is 5.13 Å². The number of anilines is 1. The summed E-state index contributed by atoms with van der Waals surface area (Å²) in [6.07, 6.45) is 3.97. The molecule has 6 heteroatoms. The first-order valence-electron chi connectivity index (χ1n) is 8.64. The van der Waals surface area contributed by atoms with Crippen molar-refractivity contribution in [1.82, 2.24) is 4.98 Å². The molecule has 0 aliphatic carbocycles. The average Bonchev–Trinajstić information content (AvgIpc) is 3.11. The second-order valence-electron chi connectivity index (χ2n) is 6.43. The zero-order chi connectivity index (χ0) is 20.1. The maximum Gasteiger partial charge on any atom is 0.268 e. The van der Waals surface area contributed by atoms with Gasteiger partial charge in [-0.3, -0.25) is 10.1 Å². The molecule has 0 aliphatic heterocycles. The van der Waals surface area contributed by atoms with Crippen molar-refractivity contribution in [2.75, 3.05) is 5.32 Å². The van der Waals surface area contributed by atoms with Gasteiger partial charge in [-0.05, 0) is 42.7 Å². The highest BCUT2D eigenvalue weighted by atomic mass is 35.5. The van der Waals surface area contributed by atoms with Crippen LogP contribution in [0, 0.1) is 25.2 Å².